The zero-order valence-corrected chi connectivity index (χ0v) is 22.8. The first kappa shape index (κ1) is 30.4. The second kappa shape index (κ2) is 12.7. The predicted octanol–water partition coefficient (Wildman–Crippen LogP) is 1.97. The van der Waals surface area contributed by atoms with E-state index in [2.05, 4.69) is 0 Å². The van der Waals surface area contributed by atoms with Gasteiger partial charge in [0.05, 0.1) is 19.3 Å². The Bertz CT molecular complexity index is 1730. The highest BCUT2D eigenvalue weighted by molar-refractivity contribution is 5.88. The normalized spacial score (nSPS) is 22.1. The Morgan fingerprint density at radius 1 is 0.864 bits per heavy atom. The van der Waals surface area contributed by atoms with Gasteiger partial charge in [0.2, 0.25) is 17.5 Å². The molecular weight excluding hydrogens is 580 g/mol. The number of aromatic hydroxyl groups is 4. The van der Waals surface area contributed by atoms with Gasteiger partial charge in [-0.05, 0) is 48.0 Å². The van der Waals surface area contributed by atoms with Gasteiger partial charge in [0.1, 0.15) is 46.2 Å². The molecule has 1 aliphatic rings. The zero-order valence-electron chi connectivity index (χ0n) is 22.8. The molecule has 1 aliphatic heterocycles. The molecule has 0 bridgehead atoms. The van der Waals surface area contributed by atoms with Crippen LogP contribution in [0.25, 0.3) is 28.4 Å². The highest BCUT2D eigenvalue weighted by Crippen LogP contribution is 2.37. The smallest absolute Gasteiger partial charge is 0.330 e. The van der Waals surface area contributed by atoms with Crippen molar-refractivity contribution in [3.63, 3.8) is 0 Å². The molecule has 1 saturated heterocycles. The molecule has 5 rings (SSSR count). The number of phenols is 4. The van der Waals surface area contributed by atoms with Crippen molar-refractivity contribution in [2.75, 3.05) is 13.2 Å². The Labute approximate surface area is 248 Å². The van der Waals surface area contributed by atoms with Crippen LogP contribution in [0.15, 0.2) is 76.0 Å². The van der Waals surface area contributed by atoms with Crippen LogP contribution in [0.1, 0.15) is 5.56 Å². The molecule has 0 amide bonds. The molecule has 3 unspecified atom stereocenters. The molecule has 0 aliphatic carbocycles. The van der Waals surface area contributed by atoms with Gasteiger partial charge < -0.3 is 54.4 Å². The van der Waals surface area contributed by atoms with E-state index in [4.69, 9.17) is 18.6 Å². The molecule has 2 heterocycles. The average Bonchev–Trinajstić information content (AvgIpc) is 3.09. The molecule has 13 heteroatoms. The summed E-state index contributed by atoms with van der Waals surface area (Å²) < 4.78 is 22.4. The lowest BCUT2D eigenvalue weighted by molar-refractivity contribution is -0.167. The molecule has 7 N–H and O–H groups in total. The van der Waals surface area contributed by atoms with Crippen LogP contribution in [-0.2, 0) is 14.3 Å². The Kier molecular flexibility index (Phi) is 8.73. The number of phenolic OH excluding ortho intramolecular Hbond substituents is 4. The lowest BCUT2D eigenvalue weighted by atomic mass is 9.97. The number of hydrogen-bond donors (Lipinski definition) is 7. The molecule has 3 aromatic carbocycles. The first-order valence-corrected chi connectivity index (χ1v) is 13.3. The Morgan fingerprint density at radius 2 is 1.52 bits per heavy atom. The number of carbonyl (C=O) groups excluding carboxylic acids is 1. The number of benzene rings is 3. The average molecular weight is 609 g/mol. The van der Waals surface area contributed by atoms with E-state index in [1.54, 1.807) is 12.1 Å². The third-order valence-electron chi connectivity index (χ3n) is 6.96. The van der Waals surface area contributed by atoms with Crippen LogP contribution < -0.4 is 10.2 Å². The third kappa shape index (κ3) is 6.45. The van der Waals surface area contributed by atoms with Gasteiger partial charge in [-0.1, -0.05) is 12.1 Å². The van der Waals surface area contributed by atoms with Crippen molar-refractivity contribution in [3.8, 4) is 40.1 Å². The molecule has 0 spiro atoms. The van der Waals surface area contributed by atoms with E-state index < -0.39 is 60.0 Å². The Balaban J connectivity index is 1.38. The summed E-state index contributed by atoms with van der Waals surface area (Å²) in [6.45, 7) is -0.799. The van der Waals surface area contributed by atoms with Gasteiger partial charge in [-0.15, -0.1) is 0 Å². The minimum Gasteiger partial charge on any atom is -0.508 e. The number of ether oxygens (including phenoxy) is 3. The summed E-state index contributed by atoms with van der Waals surface area (Å²) in [6, 6.07) is 13.5. The van der Waals surface area contributed by atoms with Crippen molar-refractivity contribution in [2.45, 2.75) is 24.6 Å². The maximum atomic E-state index is 13.6. The molecular formula is C31H28O13. The SMILES string of the molecule is O=C(/C=C/c1ccc(O)cc1)OCC1CO[C@@H](Oc2c(-c3ccc(O)cc3)oc3cc(O)cc(O)c3c2=O)C(O)C(O)[C@@H]1O. The van der Waals surface area contributed by atoms with Crippen LogP contribution >= 0.6 is 0 Å². The molecule has 0 radical (unpaired) electrons. The standard InChI is InChI=1S/C31H28O13/c32-18-6-1-15(2-7-18)3-10-23(36)41-13-17-14-42-31(28(40)27(39)25(17)37)44-30-26(38)24-21(35)11-20(34)12-22(24)43-29(30)16-4-8-19(33)9-5-16/h1-12,17,25,27-28,31-35,37,39-40H,13-14H2/b10-3+/t17?,25-,27?,28?,31+/m1/s1. The molecule has 1 aromatic heterocycles. The largest absolute Gasteiger partial charge is 0.508 e. The van der Waals surface area contributed by atoms with Gasteiger partial charge in [0.25, 0.3) is 0 Å². The van der Waals surface area contributed by atoms with Crippen molar-refractivity contribution in [2.24, 2.45) is 5.92 Å². The van der Waals surface area contributed by atoms with Gasteiger partial charge >= 0.3 is 5.97 Å². The van der Waals surface area contributed by atoms with Gasteiger partial charge in [-0.3, -0.25) is 4.79 Å². The van der Waals surface area contributed by atoms with Crippen LogP contribution in [0.5, 0.6) is 28.7 Å². The van der Waals surface area contributed by atoms with Crippen molar-refractivity contribution in [1.29, 1.82) is 0 Å². The second-order valence-corrected chi connectivity index (χ2v) is 10.1. The van der Waals surface area contributed by atoms with Crippen molar-refractivity contribution >= 4 is 23.0 Å². The molecule has 4 aromatic rings. The van der Waals surface area contributed by atoms with E-state index in [1.807, 2.05) is 0 Å². The monoisotopic (exact) mass is 608 g/mol. The fourth-order valence-electron chi connectivity index (χ4n) is 4.59. The summed E-state index contributed by atoms with van der Waals surface area (Å²) in [7, 11) is 0. The highest BCUT2D eigenvalue weighted by Gasteiger charge is 2.42. The molecule has 44 heavy (non-hydrogen) atoms. The van der Waals surface area contributed by atoms with Crippen LogP contribution in [0.3, 0.4) is 0 Å². The number of hydrogen-bond acceptors (Lipinski definition) is 13. The first-order valence-electron chi connectivity index (χ1n) is 13.3. The third-order valence-corrected chi connectivity index (χ3v) is 6.96. The van der Waals surface area contributed by atoms with Crippen molar-refractivity contribution in [1.82, 2.24) is 0 Å². The summed E-state index contributed by atoms with van der Waals surface area (Å²) >= 11 is 0. The van der Waals surface area contributed by atoms with Gasteiger partial charge in [-0.25, -0.2) is 4.79 Å². The lowest BCUT2D eigenvalue weighted by Crippen LogP contribution is -2.47. The fourth-order valence-corrected chi connectivity index (χ4v) is 4.59. The van der Waals surface area contributed by atoms with Crippen LogP contribution in [0.2, 0.25) is 0 Å². The van der Waals surface area contributed by atoms with E-state index in [1.165, 1.54) is 42.5 Å². The van der Waals surface area contributed by atoms with Gasteiger partial charge in [0.15, 0.2) is 5.76 Å². The van der Waals surface area contributed by atoms with E-state index in [0.717, 1.165) is 18.2 Å². The van der Waals surface area contributed by atoms with Gasteiger partial charge in [-0.2, -0.15) is 0 Å². The van der Waals surface area contributed by atoms with Crippen molar-refractivity contribution < 1.29 is 59.2 Å². The number of aliphatic hydroxyl groups is 3. The van der Waals surface area contributed by atoms with E-state index in [-0.39, 0.29) is 46.1 Å². The Morgan fingerprint density at radius 3 is 2.20 bits per heavy atom. The number of fused-ring (bicyclic) bond motifs is 1. The molecule has 13 nitrogen and oxygen atoms in total. The molecule has 5 atom stereocenters. The minimum absolute atomic E-state index is 0.0617. The van der Waals surface area contributed by atoms with E-state index in [0.29, 0.717) is 5.56 Å². The second-order valence-electron chi connectivity index (χ2n) is 10.1. The predicted molar refractivity (Wildman–Crippen MR) is 153 cm³/mol. The highest BCUT2D eigenvalue weighted by atomic mass is 16.7. The van der Waals surface area contributed by atoms with E-state index in [9.17, 15) is 45.3 Å². The summed E-state index contributed by atoms with van der Waals surface area (Å²) in [5.74, 6) is -3.57. The number of esters is 1. The maximum absolute atomic E-state index is 13.6. The topological polar surface area (TPSA) is 217 Å². The summed E-state index contributed by atoms with van der Waals surface area (Å²) in [5, 5.41) is 71.2. The fraction of sp³-hybridized carbons (Fsp3) is 0.226. The first-order chi connectivity index (χ1) is 21.0. The van der Waals surface area contributed by atoms with Crippen LogP contribution in [0.4, 0.5) is 0 Å². The van der Waals surface area contributed by atoms with Crippen LogP contribution in [-0.4, -0.2) is 79.5 Å². The zero-order chi connectivity index (χ0) is 31.5. The summed E-state index contributed by atoms with van der Waals surface area (Å²) in [6.07, 6.45) is -4.57. The van der Waals surface area contributed by atoms with Crippen molar-refractivity contribution in [3.05, 3.63) is 82.5 Å². The lowest BCUT2D eigenvalue weighted by Gasteiger charge is -2.26. The van der Waals surface area contributed by atoms with E-state index >= 15 is 0 Å². The summed E-state index contributed by atoms with van der Waals surface area (Å²) in [4.78, 5) is 25.8. The number of rotatable bonds is 7. The number of aliphatic hydroxyl groups excluding tert-OH is 3. The number of carbonyl (C=O) groups is 1. The minimum atomic E-state index is -1.91. The maximum Gasteiger partial charge on any atom is 0.330 e. The van der Waals surface area contributed by atoms with Crippen LogP contribution in [0, 0.1) is 5.92 Å². The molecule has 0 saturated carbocycles. The quantitative estimate of drug-likeness (QED) is 0.118. The molecule has 1 fully saturated rings. The summed E-state index contributed by atoms with van der Waals surface area (Å²) in [5.41, 5.74) is -0.255. The molecule has 230 valence electrons. The van der Waals surface area contributed by atoms with Gasteiger partial charge in [0, 0.05) is 29.7 Å². The Hall–Kier alpha value is -5.08.